The molecule has 0 saturated heterocycles. The first-order valence-corrected chi connectivity index (χ1v) is 26.8. The number of para-hydroxylation sites is 1. The highest BCUT2D eigenvalue weighted by atomic mass is 15.3. The molecule has 0 amide bonds. The molecule has 0 radical (unpaired) electrons. The zero-order chi connectivity index (χ0) is 49.9. The van der Waals surface area contributed by atoms with Crippen LogP contribution < -0.4 is 31.1 Å². The highest BCUT2D eigenvalue weighted by Gasteiger charge is 2.58. The second-order valence-corrected chi connectivity index (χ2v) is 25.0. The van der Waals surface area contributed by atoms with E-state index in [0.29, 0.717) is 0 Å². The number of aryl methyl sites for hydroxylation is 1. The van der Waals surface area contributed by atoms with Gasteiger partial charge in [-0.25, -0.2) is 0 Å². The molecule has 0 spiro atoms. The Kier molecular flexibility index (Phi) is 9.63. The van der Waals surface area contributed by atoms with Crippen molar-refractivity contribution >= 4 is 68.6 Å². The van der Waals surface area contributed by atoms with Gasteiger partial charge in [-0.1, -0.05) is 178 Å². The molecule has 1 saturated carbocycles. The average molecular weight is 938 g/mol. The molecule has 3 heterocycles. The summed E-state index contributed by atoms with van der Waals surface area (Å²) < 4.78 is 0. The summed E-state index contributed by atoms with van der Waals surface area (Å²) in [4.78, 5) is 8.07. The molecule has 8 aromatic carbocycles. The van der Waals surface area contributed by atoms with E-state index in [2.05, 4.69) is 255 Å². The Morgan fingerprint density at radius 3 is 1.79 bits per heavy atom. The van der Waals surface area contributed by atoms with Gasteiger partial charge in [0, 0.05) is 56.2 Å². The van der Waals surface area contributed by atoms with Gasteiger partial charge < -0.3 is 14.7 Å². The largest absolute Gasteiger partial charge is 0.334 e. The van der Waals surface area contributed by atoms with Crippen molar-refractivity contribution in [2.24, 2.45) is 0 Å². The van der Waals surface area contributed by atoms with Crippen molar-refractivity contribution in [3.63, 3.8) is 0 Å². The number of hydrogen-bond acceptors (Lipinski definition) is 3. The summed E-state index contributed by atoms with van der Waals surface area (Å²) in [6.45, 7) is 26.3. The van der Waals surface area contributed by atoms with Crippen LogP contribution in [0.2, 0.25) is 0 Å². The number of benzene rings is 8. The van der Waals surface area contributed by atoms with Gasteiger partial charge in [-0.15, -0.1) is 0 Å². The molecule has 0 bridgehead atoms. The Hall–Kier alpha value is -6.78. The van der Waals surface area contributed by atoms with Crippen molar-refractivity contribution in [3.8, 4) is 22.3 Å². The molecule has 0 N–H and O–H groups in total. The van der Waals surface area contributed by atoms with E-state index in [1.807, 2.05) is 0 Å². The molecule has 8 aromatic rings. The maximum atomic E-state index is 2.76. The molecule has 358 valence electrons. The third-order valence-electron chi connectivity index (χ3n) is 18.3. The Bertz CT molecular complexity index is 3550. The highest BCUT2D eigenvalue weighted by Crippen LogP contribution is 2.61. The van der Waals surface area contributed by atoms with E-state index in [1.165, 1.54) is 137 Å². The van der Waals surface area contributed by atoms with Crippen molar-refractivity contribution in [1.82, 2.24) is 0 Å². The van der Waals surface area contributed by atoms with Crippen LogP contribution in [0.15, 0.2) is 164 Å². The molecule has 2 aliphatic carbocycles. The molecular formula is C68H68BN3. The van der Waals surface area contributed by atoms with Crippen LogP contribution in [0.1, 0.15) is 128 Å². The maximum Gasteiger partial charge on any atom is 0.252 e. The molecule has 3 nitrogen and oxygen atoms in total. The molecule has 4 heteroatoms. The van der Waals surface area contributed by atoms with Crippen LogP contribution in [0.5, 0.6) is 0 Å². The Morgan fingerprint density at radius 1 is 0.444 bits per heavy atom. The second kappa shape index (κ2) is 15.4. The molecule has 2 atom stereocenters. The summed E-state index contributed by atoms with van der Waals surface area (Å²) in [6, 6.07) is 64.1. The fraction of sp³-hybridized carbons (Fsp3) is 0.294. The summed E-state index contributed by atoms with van der Waals surface area (Å²) in [5.74, 6) is 0. The molecule has 72 heavy (non-hydrogen) atoms. The molecule has 2 unspecified atom stereocenters. The van der Waals surface area contributed by atoms with E-state index in [-0.39, 0.29) is 33.9 Å². The SMILES string of the molecule is Cc1cc2c3c(c1)N(c1ccc(C(C)(C)C)cc1-c1ccccc1)c1cc(N4c5ccccc5C5(C)CCCCC45C)ccc1B3c1ccc(C(C)(C)C)cc1N2c1ccc2c(c1)C(C)(C)c1ccccc1-2. The lowest BCUT2D eigenvalue weighted by Gasteiger charge is -2.50. The van der Waals surface area contributed by atoms with Crippen molar-refractivity contribution in [3.05, 3.63) is 197 Å². The quantitative estimate of drug-likeness (QED) is 0.163. The second-order valence-electron chi connectivity index (χ2n) is 25.0. The van der Waals surface area contributed by atoms with Gasteiger partial charge in [0.15, 0.2) is 0 Å². The lowest BCUT2D eigenvalue weighted by Crippen LogP contribution is -2.61. The summed E-state index contributed by atoms with van der Waals surface area (Å²) in [5, 5.41) is 0. The number of anilines is 8. The van der Waals surface area contributed by atoms with E-state index in [1.54, 1.807) is 0 Å². The summed E-state index contributed by atoms with van der Waals surface area (Å²) in [7, 11) is 0. The lowest BCUT2D eigenvalue weighted by molar-refractivity contribution is 0.195. The summed E-state index contributed by atoms with van der Waals surface area (Å²) in [6.07, 6.45) is 4.86. The van der Waals surface area contributed by atoms with Crippen molar-refractivity contribution < 1.29 is 0 Å². The molecule has 1 fully saturated rings. The topological polar surface area (TPSA) is 9.72 Å². The molecular weight excluding hydrogens is 870 g/mol. The van der Waals surface area contributed by atoms with Gasteiger partial charge in [-0.2, -0.15) is 0 Å². The predicted octanol–water partition coefficient (Wildman–Crippen LogP) is 16.4. The summed E-state index contributed by atoms with van der Waals surface area (Å²) >= 11 is 0. The van der Waals surface area contributed by atoms with Crippen molar-refractivity contribution in [2.75, 3.05) is 14.7 Å². The molecule has 13 rings (SSSR count). The van der Waals surface area contributed by atoms with E-state index in [0.717, 1.165) is 6.42 Å². The monoisotopic (exact) mass is 938 g/mol. The zero-order valence-electron chi connectivity index (χ0n) is 44.3. The number of rotatable bonds is 4. The van der Waals surface area contributed by atoms with Gasteiger partial charge in [0.1, 0.15) is 0 Å². The van der Waals surface area contributed by atoms with Crippen LogP contribution >= 0.6 is 0 Å². The Labute approximate surface area is 429 Å². The minimum Gasteiger partial charge on any atom is -0.334 e. The Balaban J connectivity index is 1.11. The van der Waals surface area contributed by atoms with Crippen LogP contribution in [-0.2, 0) is 21.7 Å². The van der Waals surface area contributed by atoms with E-state index in [4.69, 9.17) is 0 Å². The summed E-state index contributed by atoms with van der Waals surface area (Å²) in [5.41, 5.74) is 27.2. The minimum atomic E-state index is -0.134. The number of hydrogen-bond donors (Lipinski definition) is 0. The van der Waals surface area contributed by atoms with E-state index >= 15 is 0 Å². The van der Waals surface area contributed by atoms with E-state index in [9.17, 15) is 0 Å². The van der Waals surface area contributed by atoms with Gasteiger partial charge in [0.2, 0.25) is 0 Å². The van der Waals surface area contributed by atoms with Crippen molar-refractivity contribution in [2.45, 2.75) is 129 Å². The lowest BCUT2D eigenvalue weighted by atomic mass is 9.33. The Morgan fingerprint density at radius 2 is 1.04 bits per heavy atom. The first-order chi connectivity index (χ1) is 34.4. The fourth-order valence-corrected chi connectivity index (χ4v) is 14.2. The number of nitrogens with zero attached hydrogens (tertiary/aromatic N) is 3. The first kappa shape index (κ1) is 45.1. The highest BCUT2D eigenvalue weighted by molar-refractivity contribution is 7.00. The maximum absolute atomic E-state index is 2.76. The van der Waals surface area contributed by atoms with Crippen LogP contribution in [0.3, 0.4) is 0 Å². The van der Waals surface area contributed by atoms with Crippen LogP contribution in [0.25, 0.3) is 22.3 Å². The van der Waals surface area contributed by atoms with E-state index < -0.39 is 0 Å². The average Bonchev–Trinajstić information content (AvgIpc) is 3.72. The van der Waals surface area contributed by atoms with Gasteiger partial charge in [-0.05, 0) is 165 Å². The molecule has 5 aliphatic rings. The van der Waals surface area contributed by atoms with Crippen LogP contribution in [-0.4, -0.2) is 12.3 Å². The van der Waals surface area contributed by atoms with Gasteiger partial charge in [0.05, 0.1) is 11.2 Å². The third kappa shape index (κ3) is 6.29. The van der Waals surface area contributed by atoms with Crippen LogP contribution in [0, 0.1) is 6.92 Å². The fourth-order valence-electron chi connectivity index (χ4n) is 14.2. The van der Waals surface area contributed by atoms with Crippen molar-refractivity contribution in [1.29, 1.82) is 0 Å². The first-order valence-electron chi connectivity index (χ1n) is 26.8. The predicted molar refractivity (Wildman–Crippen MR) is 308 cm³/mol. The standard InChI is InChI=1S/C68H68BN3/c1-43-37-61-63-62(38-43)71(57-34-28-45(64(2,3)4)39-51(57)44-21-13-12-14-22-44)60-42-48(72-58-26-18-17-25-53(58)67(10)35-19-20-36-68(67,72)11)30-33-56(60)69(63)55-32-27-46(65(5,6)7)40-59(55)70(61)47-29-31-50-49-23-15-16-24-52(49)66(8,9)54(50)41-47/h12-18,21-34,37-42H,19-20,35-36H2,1-11H3. The smallest absolute Gasteiger partial charge is 0.252 e. The van der Waals surface area contributed by atoms with Gasteiger partial charge in [0.25, 0.3) is 6.71 Å². The van der Waals surface area contributed by atoms with Crippen LogP contribution in [0.4, 0.5) is 45.5 Å². The molecule has 3 aliphatic heterocycles. The molecule has 0 aromatic heterocycles. The minimum absolute atomic E-state index is 0.00159. The van der Waals surface area contributed by atoms with Gasteiger partial charge in [-0.3, -0.25) is 0 Å². The zero-order valence-corrected chi connectivity index (χ0v) is 44.3. The normalized spacial score (nSPS) is 20.0. The number of fused-ring (bicyclic) bond motifs is 10. The van der Waals surface area contributed by atoms with Gasteiger partial charge >= 0.3 is 0 Å². The third-order valence-corrected chi connectivity index (χ3v) is 18.3.